The van der Waals surface area contributed by atoms with Crippen molar-refractivity contribution in [2.75, 3.05) is 0 Å². The van der Waals surface area contributed by atoms with Crippen LogP contribution in [0.4, 0.5) is 0 Å². The normalized spacial score (nSPS) is 14.6. The molecule has 0 aliphatic rings. The summed E-state index contributed by atoms with van der Waals surface area (Å²) in [6.45, 7) is 2.80. The van der Waals surface area contributed by atoms with Crippen LogP contribution in [0, 0.1) is 5.53 Å². The van der Waals surface area contributed by atoms with E-state index in [1.54, 1.807) is 6.92 Å². The molecule has 0 atom stereocenters. The Hall–Kier alpha value is -1.01. The number of rotatable bonds is 3. The van der Waals surface area contributed by atoms with E-state index < -0.39 is 10.1 Å². The van der Waals surface area contributed by atoms with Gasteiger partial charge in [0.15, 0.2) is 0 Å². The van der Waals surface area contributed by atoms with Crippen LogP contribution in [-0.4, -0.2) is 13.0 Å². The summed E-state index contributed by atoms with van der Waals surface area (Å²) in [4.78, 5) is -0.175. The summed E-state index contributed by atoms with van der Waals surface area (Å²) < 4.78 is 29.3. The van der Waals surface area contributed by atoms with Gasteiger partial charge < -0.3 is 0 Å². The first-order valence-corrected chi connectivity index (χ1v) is 4.52. The van der Waals surface area contributed by atoms with Crippen LogP contribution in [0.2, 0.25) is 0 Å². The molecule has 0 bridgehead atoms. The van der Waals surface area contributed by atoms with Crippen molar-refractivity contribution in [1.29, 1.82) is 5.53 Å². The Morgan fingerprint density at radius 1 is 1.42 bits per heavy atom. The second-order valence-corrected chi connectivity index (χ2v) is 3.77. The smallest absolute Gasteiger partial charge is 0.282 e. The van der Waals surface area contributed by atoms with Crippen LogP contribution in [0.5, 0.6) is 0 Å². The minimum Gasteiger partial charge on any atom is -0.282 e. The Labute approximate surface area is 71.1 Å². The number of allylic oxidation sites excluding steroid dienone is 4. The van der Waals surface area contributed by atoms with Crippen molar-refractivity contribution in [1.82, 2.24) is 0 Å². The lowest BCUT2D eigenvalue weighted by Gasteiger charge is -1.92. The molecule has 0 aromatic rings. The molecule has 0 spiro atoms. The monoisotopic (exact) mass is 190 g/mol. The molecule has 0 radical (unpaired) electrons. The highest BCUT2D eigenvalue weighted by Gasteiger charge is 2.05. The Kier molecular flexibility index (Phi) is 3.78. The Bertz CT molecular complexity index is 327. The first-order valence-electron chi connectivity index (χ1n) is 3.08. The number of hydrogen-bond acceptors (Lipinski definition) is 4. The molecule has 0 fully saturated rings. The van der Waals surface area contributed by atoms with Crippen molar-refractivity contribution in [3.05, 3.63) is 22.8 Å². The van der Waals surface area contributed by atoms with E-state index >= 15 is 0 Å². The Morgan fingerprint density at radius 2 is 1.92 bits per heavy atom. The topological polar surface area (TPSA) is 90.6 Å². The zero-order valence-electron chi connectivity index (χ0n) is 6.77. The molecule has 0 unspecified atom stereocenters. The Morgan fingerprint density at radius 3 is 2.25 bits per heavy atom. The molecule has 5 nitrogen and oxygen atoms in total. The molecule has 0 aromatic carbocycles. The maximum atomic E-state index is 10.4. The van der Waals surface area contributed by atoms with Crippen molar-refractivity contribution in [3.63, 3.8) is 0 Å². The van der Waals surface area contributed by atoms with Gasteiger partial charge in [-0.3, -0.25) is 4.55 Å². The minimum absolute atomic E-state index is 0.175. The zero-order valence-corrected chi connectivity index (χ0v) is 7.59. The van der Waals surface area contributed by atoms with Crippen molar-refractivity contribution in [2.45, 2.75) is 13.8 Å². The molecule has 0 heterocycles. The van der Waals surface area contributed by atoms with Gasteiger partial charge in [0.05, 0.1) is 10.6 Å². The highest BCUT2D eigenvalue weighted by molar-refractivity contribution is 7.89. The number of nitrogens with zero attached hydrogens (tertiary/aromatic N) is 1. The van der Waals surface area contributed by atoms with Crippen LogP contribution < -0.4 is 0 Å². The van der Waals surface area contributed by atoms with Crippen LogP contribution in [-0.2, 0) is 10.1 Å². The predicted octanol–water partition coefficient (Wildman–Crippen LogP) is 1.71. The fourth-order valence-corrected chi connectivity index (χ4v) is 0.601. The van der Waals surface area contributed by atoms with E-state index in [0.717, 1.165) is 0 Å². The first kappa shape index (κ1) is 11.0. The number of nitrogens with one attached hydrogen (secondary N) is 1. The van der Waals surface area contributed by atoms with Gasteiger partial charge >= 0.3 is 0 Å². The summed E-state index contributed by atoms with van der Waals surface area (Å²) >= 11 is 0. The van der Waals surface area contributed by atoms with Crippen molar-refractivity contribution >= 4 is 10.1 Å². The molecule has 0 aliphatic heterocycles. The van der Waals surface area contributed by atoms with Crippen LogP contribution in [0.25, 0.3) is 0 Å². The fraction of sp³-hybridized carbons (Fsp3) is 0.333. The van der Waals surface area contributed by atoms with Gasteiger partial charge in [0, 0.05) is 0 Å². The minimum atomic E-state index is -4.09. The SMILES string of the molecule is C/C(=C\C=C(/C)S(=O)(=O)O)N=N. The van der Waals surface area contributed by atoms with Crippen molar-refractivity contribution in [3.8, 4) is 0 Å². The molecular formula is C6H10N2O3S. The van der Waals surface area contributed by atoms with Crippen molar-refractivity contribution < 1.29 is 13.0 Å². The van der Waals surface area contributed by atoms with Gasteiger partial charge in [-0.15, -0.1) is 0 Å². The maximum absolute atomic E-state index is 10.4. The second-order valence-electron chi connectivity index (χ2n) is 2.17. The fourth-order valence-electron chi connectivity index (χ4n) is 0.361. The average molecular weight is 190 g/mol. The quantitative estimate of drug-likeness (QED) is 0.403. The standard InChI is InChI=1S/C6H10N2O3S/c1-5(8-7)3-4-6(2)12(9,10)11/h3-4,7H,1-2H3,(H,9,10,11)/b5-3+,6-4+,8-7?. The molecular weight excluding hydrogens is 180 g/mol. The van der Waals surface area contributed by atoms with E-state index in [4.69, 9.17) is 10.1 Å². The third-order valence-electron chi connectivity index (χ3n) is 1.14. The molecule has 0 saturated carbocycles. The van der Waals surface area contributed by atoms with Gasteiger partial charge in [-0.1, -0.05) is 0 Å². The lowest BCUT2D eigenvalue weighted by atomic mass is 10.4. The Balaban J connectivity index is 4.73. The molecule has 2 N–H and O–H groups in total. The first-order chi connectivity index (χ1) is 5.38. The van der Waals surface area contributed by atoms with E-state index in [1.807, 2.05) is 0 Å². The summed E-state index contributed by atoms with van der Waals surface area (Å²) in [5.41, 5.74) is 6.88. The summed E-state index contributed by atoms with van der Waals surface area (Å²) in [6, 6.07) is 0. The summed E-state index contributed by atoms with van der Waals surface area (Å²) in [6.07, 6.45) is 2.51. The molecule has 0 rings (SSSR count). The van der Waals surface area contributed by atoms with Crippen LogP contribution in [0.3, 0.4) is 0 Å². The van der Waals surface area contributed by atoms with Gasteiger partial charge in [0.1, 0.15) is 0 Å². The zero-order chi connectivity index (χ0) is 9.78. The lowest BCUT2D eigenvalue weighted by molar-refractivity contribution is 0.491. The summed E-state index contributed by atoms with van der Waals surface area (Å²) in [5.74, 6) is 0. The predicted molar refractivity (Wildman–Crippen MR) is 44.2 cm³/mol. The summed E-state index contributed by atoms with van der Waals surface area (Å²) in [7, 11) is -4.09. The van der Waals surface area contributed by atoms with E-state index in [2.05, 4.69) is 5.11 Å². The molecule has 6 heteroatoms. The summed E-state index contributed by atoms with van der Waals surface area (Å²) in [5, 5.41) is 3.03. The highest BCUT2D eigenvalue weighted by atomic mass is 32.2. The largest absolute Gasteiger partial charge is 0.290 e. The molecule has 12 heavy (non-hydrogen) atoms. The molecule has 68 valence electrons. The number of hydrogen-bond donors (Lipinski definition) is 2. The maximum Gasteiger partial charge on any atom is 0.290 e. The molecule has 0 amide bonds. The van der Waals surface area contributed by atoms with Gasteiger partial charge in [-0.2, -0.15) is 13.5 Å². The molecule has 0 saturated heterocycles. The van der Waals surface area contributed by atoms with Gasteiger partial charge in [0.25, 0.3) is 10.1 Å². The van der Waals surface area contributed by atoms with E-state index in [9.17, 15) is 8.42 Å². The second kappa shape index (κ2) is 4.13. The highest BCUT2D eigenvalue weighted by Crippen LogP contribution is 2.03. The lowest BCUT2D eigenvalue weighted by Crippen LogP contribution is -1.97. The van der Waals surface area contributed by atoms with Crippen LogP contribution in [0.15, 0.2) is 27.9 Å². The van der Waals surface area contributed by atoms with Crippen LogP contribution >= 0.6 is 0 Å². The van der Waals surface area contributed by atoms with Gasteiger partial charge in [0.2, 0.25) is 0 Å². The van der Waals surface area contributed by atoms with E-state index in [-0.39, 0.29) is 4.91 Å². The van der Waals surface area contributed by atoms with Gasteiger partial charge in [-0.25, -0.2) is 5.53 Å². The van der Waals surface area contributed by atoms with Crippen LogP contribution in [0.1, 0.15) is 13.8 Å². The third kappa shape index (κ3) is 3.99. The third-order valence-corrected chi connectivity index (χ3v) is 2.09. The van der Waals surface area contributed by atoms with Gasteiger partial charge in [-0.05, 0) is 26.0 Å². The van der Waals surface area contributed by atoms with E-state index in [1.165, 1.54) is 19.1 Å². The molecule has 0 aromatic heterocycles. The van der Waals surface area contributed by atoms with Crippen molar-refractivity contribution in [2.24, 2.45) is 5.11 Å². The average Bonchev–Trinajstić information content (AvgIpc) is 1.97. The van der Waals surface area contributed by atoms with E-state index in [0.29, 0.717) is 5.70 Å². The molecule has 0 aliphatic carbocycles.